The molecule has 0 aromatic heterocycles. The highest BCUT2D eigenvalue weighted by atomic mass is 32.2. The van der Waals surface area contributed by atoms with Crippen LogP contribution >= 0.6 is 11.8 Å². The largest absolute Gasteiger partial charge is 0.318 e. The van der Waals surface area contributed by atoms with Crippen LogP contribution in [0, 0.1) is 5.82 Å². The minimum Gasteiger partial charge on any atom is -0.318 e. The molecule has 0 aliphatic carbocycles. The van der Waals surface area contributed by atoms with Crippen LogP contribution in [0.1, 0.15) is 37.9 Å². The summed E-state index contributed by atoms with van der Waals surface area (Å²) in [7, 11) is 0. The molecular formula is C16H21FN2OS. The van der Waals surface area contributed by atoms with E-state index in [9.17, 15) is 9.18 Å². The summed E-state index contributed by atoms with van der Waals surface area (Å²) < 4.78 is 14.2. The molecule has 1 N–H and O–H groups in total. The van der Waals surface area contributed by atoms with Crippen molar-refractivity contribution in [3.63, 3.8) is 0 Å². The van der Waals surface area contributed by atoms with Crippen LogP contribution in [0.5, 0.6) is 0 Å². The first-order chi connectivity index (χ1) is 10.2. The molecule has 5 heteroatoms. The Morgan fingerprint density at radius 2 is 2.24 bits per heavy atom. The first kappa shape index (κ1) is 14.9. The molecule has 1 amide bonds. The quantitative estimate of drug-likeness (QED) is 0.932. The molecule has 3 atom stereocenters. The number of nitrogens with zero attached hydrogens (tertiary/aromatic N) is 1. The van der Waals surface area contributed by atoms with E-state index < -0.39 is 0 Å². The topological polar surface area (TPSA) is 32.3 Å². The lowest BCUT2D eigenvalue weighted by atomic mass is 10.1. The number of amides is 1. The van der Waals surface area contributed by atoms with E-state index in [1.54, 1.807) is 12.1 Å². The molecule has 0 bridgehead atoms. The Hall–Kier alpha value is -1.07. The van der Waals surface area contributed by atoms with Crippen molar-refractivity contribution in [2.45, 2.75) is 44.4 Å². The van der Waals surface area contributed by atoms with Crippen molar-refractivity contribution in [1.29, 1.82) is 0 Å². The second-order valence-electron chi connectivity index (χ2n) is 5.67. The van der Waals surface area contributed by atoms with Crippen molar-refractivity contribution < 1.29 is 9.18 Å². The summed E-state index contributed by atoms with van der Waals surface area (Å²) in [6.45, 7) is 1.99. The maximum atomic E-state index is 14.2. The third-order valence-corrected chi connectivity index (χ3v) is 5.53. The summed E-state index contributed by atoms with van der Waals surface area (Å²) in [5.74, 6) is 1.99. The molecule has 3 rings (SSSR count). The first-order valence-corrected chi connectivity index (χ1v) is 8.78. The molecule has 21 heavy (non-hydrogen) atoms. The Balaban J connectivity index is 1.92. The minimum atomic E-state index is -0.327. The number of hydrogen-bond acceptors (Lipinski definition) is 3. The molecule has 2 aliphatic heterocycles. The number of nitrogens with one attached hydrogen (secondary N) is 1. The number of carbonyl (C=O) groups excluding carboxylic acids is 1. The summed E-state index contributed by atoms with van der Waals surface area (Å²) in [5.41, 5.74) is 0.581. The lowest BCUT2D eigenvalue weighted by Gasteiger charge is -2.35. The van der Waals surface area contributed by atoms with Gasteiger partial charge in [0, 0.05) is 17.4 Å². The molecule has 2 aliphatic rings. The molecule has 0 radical (unpaired) electrons. The highest BCUT2D eigenvalue weighted by Gasteiger charge is 2.43. The minimum absolute atomic E-state index is 0.123. The first-order valence-electron chi connectivity index (χ1n) is 7.62. The summed E-state index contributed by atoms with van der Waals surface area (Å²) in [6.07, 6.45) is 2.55. The number of hydrogen-bond donors (Lipinski definition) is 1. The number of benzene rings is 1. The van der Waals surface area contributed by atoms with Crippen LogP contribution in [-0.4, -0.2) is 34.4 Å². The maximum absolute atomic E-state index is 14.2. The predicted octanol–water partition coefficient (Wildman–Crippen LogP) is 2.93. The van der Waals surface area contributed by atoms with E-state index in [-0.39, 0.29) is 30.0 Å². The van der Waals surface area contributed by atoms with Crippen LogP contribution in [-0.2, 0) is 4.79 Å². The molecule has 1 aromatic rings. The monoisotopic (exact) mass is 308 g/mol. The Bertz CT molecular complexity index is 519. The molecule has 0 spiro atoms. The van der Waals surface area contributed by atoms with E-state index in [2.05, 4.69) is 5.32 Å². The second-order valence-corrected chi connectivity index (χ2v) is 6.82. The standard InChI is InChI=1S/C16H21FN2OS/c1-2-14-16(20)19(11-6-5-9-21-10-11)15(18-14)12-7-3-4-8-13(12)17/h3-4,7-8,11,14-15,18H,2,5-6,9-10H2,1H3. The molecule has 1 aromatic carbocycles. The van der Waals surface area contributed by atoms with Gasteiger partial charge in [0.2, 0.25) is 5.91 Å². The van der Waals surface area contributed by atoms with Gasteiger partial charge < -0.3 is 4.90 Å². The normalized spacial score (nSPS) is 29.9. The van der Waals surface area contributed by atoms with Crippen molar-refractivity contribution in [1.82, 2.24) is 10.2 Å². The fraction of sp³-hybridized carbons (Fsp3) is 0.562. The van der Waals surface area contributed by atoms with Gasteiger partial charge in [-0.15, -0.1) is 0 Å². The summed E-state index contributed by atoms with van der Waals surface area (Å²) in [4.78, 5) is 14.6. The Kier molecular flexibility index (Phi) is 4.50. The van der Waals surface area contributed by atoms with Crippen LogP contribution in [0.4, 0.5) is 4.39 Å². The molecule has 2 saturated heterocycles. The molecule has 2 fully saturated rings. The van der Waals surface area contributed by atoms with Gasteiger partial charge in [-0.3, -0.25) is 10.1 Å². The zero-order valence-corrected chi connectivity index (χ0v) is 13.0. The van der Waals surface area contributed by atoms with Crippen LogP contribution in [0.2, 0.25) is 0 Å². The van der Waals surface area contributed by atoms with Gasteiger partial charge in [-0.05, 0) is 31.1 Å². The van der Waals surface area contributed by atoms with Crippen molar-refractivity contribution >= 4 is 17.7 Å². The molecule has 2 heterocycles. The van der Waals surface area contributed by atoms with Gasteiger partial charge in [-0.2, -0.15) is 11.8 Å². The molecule has 0 saturated carbocycles. The Morgan fingerprint density at radius 1 is 1.43 bits per heavy atom. The van der Waals surface area contributed by atoms with Gasteiger partial charge >= 0.3 is 0 Å². The summed E-state index contributed by atoms with van der Waals surface area (Å²) in [6, 6.07) is 6.78. The van der Waals surface area contributed by atoms with Gasteiger partial charge in [0.1, 0.15) is 12.0 Å². The number of halogens is 1. The number of rotatable bonds is 3. The zero-order valence-electron chi connectivity index (χ0n) is 12.2. The van der Waals surface area contributed by atoms with E-state index in [0.717, 1.165) is 30.8 Å². The van der Waals surface area contributed by atoms with Gasteiger partial charge in [0.25, 0.3) is 0 Å². The van der Waals surface area contributed by atoms with E-state index in [4.69, 9.17) is 0 Å². The molecule has 3 nitrogen and oxygen atoms in total. The molecular weight excluding hydrogens is 287 g/mol. The Morgan fingerprint density at radius 3 is 2.90 bits per heavy atom. The van der Waals surface area contributed by atoms with E-state index in [0.29, 0.717) is 5.56 Å². The third kappa shape index (κ3) is 2.81. The van der Waals surface area contributed by atoms with Crippen molar-refractivity contribution in [3.05, 3.63) is 35.6 Å². The van der Waals surface area contributed by atoms with Crippen molar-refractivity contribution in [2.75, 3.05) is 11.5 Å². The average molecular weight is 308 g/mol. The van der Waals surface area contributed by atoms with E-state index in [1.807, 2.05) is 29.7 Å². The average Bonchev–Trinajstić information content (AvgIpc) is 2.85. The predicted molar refractivity (Wildman–Crippen MR) is 83.5 cm³/mol. The lowest BCUT2D eigenvalue weighted by Crippen LogP contribution is -2.43. The van der Waals surface area contributed by atoms with Crippen molar-refractivity contribution in [3.8, 4) is 0 Å². The van der Waals surface area contributed by atoms with Crippen molar-refractivity contribution in [2.24, 2.45) is 0 Å². The number of thioether (sulfide) groups is 1. The van der Waals surface area contributed by atoms with E-state index in [1.165, 1.54) is 6.07 Å². The van der Waals surface area contributed by atoms with Crippen LogP contribution < -0.4 is 5.32 Å². The fourth-order valence-electron chi connectivity index (χ4n) is 3.21. The van der Waals surface area contributed by atoms with Gasteiger partial charge in [0.15, 0.2) is 0 Å². The van der Waals surface area contributed by atoms with Gasteiger partial charge in [0.05, 0.1) is 6.04 Å². The smallest absolute Gasteiger partial charge is 0.241 e. The molecule has 114 valence electrons. The summed E-state index contributed by atoms with van der Waals surface area (Å²) >= 11 is 1.89. The number of carbonyl (C=O) groups is 1. The Labute approximate surface area is 129 Å². The highest BCUT2D eigenvalue weighted by Crippen LogP contribution is 2.34. The van der Waals surface area contributed by atoms with Gasteiger partial charge in [-0.25, -0.2) is 4.39 Å². The lowest BCUT2D eigenvalue weighted by molar-refractivity contribution is -0.132. The van der Waals surface area contributed by atoms with Gasteiger partial charge in [-0.1, -0.05) is 25.1 Å². The third-order valence-electron chi connectivity index (χ3n) is 4.33. The molecule has 3 unspecified atom stereocenters. The fourth-order valence-corrected chi connectivity index (χ4v) is 4.35. The zero-order chi connectivity index (χ0) is 14.8. The van der Waals surface area contributed by atoms with Crippen LogP contribution in [0.3, 0.4) is 0 Å². The van der Waals surface area contributed by atoms with Crippen LogP contribution in [0.15, 0.2) is 24.3 Å². The van der Waals surface area contributed by atoms with E-state index >= 15 is 0 Å². The SMILES string of the molecule is CCC1NC(c2ccccc2F)N(C2CCCSC2)C1=O. The maximum Gasteiger partial charge on any atom is 0.241 e. The van der Waals surface area contributed by atoms with Crippen LogP contribution in [0.25, 0.3) is 0 Å². The summed E-state index contributed by atoms with van der Waals surface area (Å²) in [5, 5.41) is 3.32. The highest BCUT2D eigenvalue weighted by molar-refractivity contribution is 7.99. The second kappa shape index (κ2) is 6.36.